The fourth-order valence-corrected chi connectivity index (χ4v) is 3.92. The zero-order chi connectivity index (χ0) is 24.8. The molecule has 1 saturated heterocycles. The maximum atomic E-state index is 13.6. The number of carbonyl (C=O) groups is 1. The minimum absolute atomic E-state index is 0.289. The van der Waals surface area contributed by atoms with E-state index in [4.69, 9.17) is 0 Å². The van der Waals surface area contributed by atoms with Gasteiger partial charge in [-0.3, -0.25) is 4.79 Å². The molecule has 4 rings (SSSR count). The summed E-state index contributed by atoms with van der Waals surface area (Å²) in [6.45, 7) is 6.71. The van der Waals surface area contributed by atoms with Crippen LogP contribution in [-0.4, -0.2) is 58.6 Å². The normalized spacial score (nSPS) is 17.1. The summed E-state index contributed by atoms with van der Waals surface area (Å²) in [7, 11) is 4.13. The summed E-state index contributed by atoms with van der Waals surface area (Å²) >= 11 is 0. The molecule has 0 saturated carbocycles. The number of halogens is 3. The van der Waals surface area contributed by atoms with Crippen molar-refractivity contribution in [3.63, 3.8) is 0 Å². The van der Waals surface area contributed by atoms with Gasteiger partial charge in [-0.15, -0.1) is 5.10 Å². The first-order chi connectivity index (χ1) is 15.8. The van der Waals surface area contributed by atoms with Crippen LogP contribution in [0.2, 0.25) is 0 Å². The fourth-order valence-electron chi connectivity index (χ4n) is 3.92. The van der Waals surface area contributed by atoms with Gasteiger partial charge in [0.2, 0.25) is 5.91 Å². The first kappa shape index (κ1) is 24.0. The number of nitrogens with one attached hydrogen (secondary N) is 1. The smallest absolute Gasteiger partial charge is 0.354 e. The Labute approximate surface area is 196 Å². The number of nitrogens with zero attached hydrogens (tertiary/aromatic N) is 5. The SMILES string of the molecule is CN(C)C1CCN(c2ccc3nc(-c4ccc(C(F)(F)F)c(NC(=O)C(C)(C)C)c4)cn3n2)C1. The molecule has 3 aromatic rings. The average Bonchev–Trinajstić information content (AvgIpc) is 3.39. The minimum Gasteiger partial charge on any atom is -0.354 e. The quantitative estimate of drug-likeness (QED) is 0.602. The van der Waals surface area contributed by atoms with E-state index in [2.05, 4.69) is 39.3 Å². The molecule has 1 unspecified atom stereocenters. The number of benzene rings is 1. The average molecular weight is 475 g/mol. The van der Waals surface area contributed by atoms with E-state index in [9.17, 15) is 18.0 Å². The van der Waals surface area contributed by atoms with Crippen LogP contribution in [0.1, 0.15) is 32.8 Å². The van der Waals surface area contributed by atoms with Gasteiger partial charge in [-0.05, 0) is 44.8 Å². The molecule has 2 aromatic heterocycles. The van der Waals surface area contributed by atoms with Crippen molar-refractivity contribution in [1.82, 2.24) is 19.5 Å². The lowest BCUT2D eigenvalue weighted by Gasteiger charge is -2.20. The highest BCUT2D eigenvalue weighted by molar-refractivity contribution is 5.96. The second-order valence-electron chi connectivity index (χ2n) is 9.93. The largest absolute Gasteiger partial charge is 0.418 e. The van der Waals surface area contributed by atoms with Crippen molar-refractivity contribution in [3.8, 4) is 11.3 Å². The van der Waals surface area contributed by atoms with Crippen LogP contribution < -0.4 is 10.2 Å². The Morgan fingerprint density at radius 1 is 1.15 bits per heavy atom. The van der Waals surface area contributed by atoms with E-state index in [1.54, 1.807) is 31.5 Å². The lowest BCUT2D eigenvalue weighted by molar-refractivity contribution is -0.137. The van der Waals surface area contributed by atoms with Crippen LogP contribution in [-0.2, 0) is 11.0 Å². The molecular formula is C24H29F3N6O. The number of hydrogen-bond donors (Lipinski definition) is 1. The highest BCUT2D eigenvalue weighted by Crippen LogP contribution is 2.38. The van der Waals surface area contributed by atoms with Crippen molar-refractivity contribution in [2.75, 3.05) is 37.4 Å². The number of likely N-dealkylation sites (N-methyl/N-ethyl adjacent to an activating group) is 1. The topological polar surface area (TPSA) is 65.8 Å². The summed E-state index contributed by atoms with van der Waals surface area (Å²) in [5.41, 5.74) is -0.522. The fraction of sp³-hybridized carbons (Fsp3) is 0.458. The highest BCUT2D eigenvalue weighted by Gasteiger charge is 2.35. The zero-order valence-corrected chi connectivity index (χ0v) is 19.9. The van der Waals surface area contributed by atoms with Crippen LogP contribution >= 0.6 is 0 Å². The molecular weight excluding hydrogens is 445 g/mol. The molecule has 7 nitrogen and oxygen atoms in total. The van der Waals surface area contributed by atoms with Crippen molar-refractivity contribution in [3.05, 3.63) is 42.1 Å². The molecule has 1 amide bonds. The van der Waals surface area contributed by atoms with E-state index in [0.717, 1.165) is 31.4 Å². The lowest BCUT2D eigenvalue weighted by atomic mass is 9.95. The Hall–Kier alpha value is -3.14. The predicted molar refractivity (Wildman–Crippen MR) is 126 cm³/mol. The summed E-state index contributed by atoms with van der Waals surface area (Å²) in [5.74, 6) is 0.324. The molecule has 0 aliphatic carbocycles. The molecule has 34 heavy (non-hydrogen) atoms. The Kier molecular flexibility index (Phi) is 6.05. The molecule has 1 aliphatic heterocycles. The summed E-state index contributed by atoms with van der Waals surface area (Å²) in [4.78, 5) is 21.4. The van der Waals surface area contributed by atoms with Crippen molar-refractivity contribution in [2.24, 2.45) is 5.41 Å². The lowest BCUT2D eigenvalue weighted by Crippen LogP contribution is -2.31. The Bertz CT molecular complexity index is 1210. The van der Waals surface area contributed by atoms with Gasteiger partial charge in [-0.25, -0.2) is 9.50 Å². The molecule has 1 aliphatic rings. The van der Waals surface area contributed by atoms with Gasteiger partial charge in [0.1, 0.15) is 5.82 Å². The number of aromatic nitrogens is 3. The van der Waals surface area contributed by atoms with Gasteiger partial charge in [0.05, 0.1) is 23.1 Å². The monoisotopic (exact) mass is 474 g/mol. The predicted octanol–water partition coefficient (Wildman–Crippen LogP) is 4.54. The van der Waals surface area contributed by atoms with Gasteiger partial charge < -0.3 is 15.1 Å². The summed E-state index contributed by atoms with van der Waals surface area (Å²) < 4.78 is 42.4. The molecule has 1 aromatic carbocycles. The number of anilines is 2. The van der Waals surface area contributed by atoms with Gasteiger partial charge in [-0.2, -0.15) is 13.2 Å². The van der Waals surface area contributed by atoms with Crippen LogP contribution in [0.15, 0.2) is 36.5 Å². The molecule has 0 spiro atoms. The molecule has 0 bridgehead atoms. The van der Waals surface area contributed by atoms with Crippen LogP contribution in [0.3, 0.4) is 0 Å². The third-order valence-corrected chi connectivity index (χ3v) is 6.07. The molecule has 1 atom stereocenters. The third kappa shape index (κ3) is 4.86. The number of carbonyl (C=O) groups excluding carboxylic acids is 1. The second kappa shape index (κ2) is 8.57. The molecule has 1 N–H and O–H groups in total. The molecule has 3 heterocycles. The number of amides is 1. The Morgan fingerprint density at radius 3 is 2.50 bits per heavy atom. The van der Waals surface area contributed by atoms with Gasteiger partial charge in [0.25, 0.3) is 0 Å². The number of hydrogen-bond acceptors (Lipinski definition) is 5. The highest BCUT2D eigenvalue weighted by atomic mass is 19.4. The third-order valence-electron chi connectivity index (χ3n) is 6.07. The number of imidazole rings is 1. The van der Waals surface area contributed by atoms with E-state index in [-0.39, 0.29) is 5.69 Å². The van der Waals surface area contributed by atoms with Crippen LogP contribution in [0.25, 0.3) is 16.9 Å². The summed E-state index contributed by atoms with van der Waals surface area (Å²) in [6, 6.07) is 7.87. The van der Waals surface area contributed by atoms with E-state index in [1.165, 1.54) is 12.1 Å². The van der Waals surface area contributed by atoms with Gasteiger partial charge in [0.15, 0.2) is 5.65 Å². The van der Waals surface area contributed by atoms with Crippen molar-refractivity contribution in [1.29, 1.82) is 0 Å². The van der Waals surface area contributed by atoms with Gasteiger partial charge >= 0.3 is 6.18 Å². The minimum atomic E-state index is -4.60. The van der Waals surface area contributed by atoms with E-state index >= 15 is 0 Å². The maximum absolute atomic E-state index is 13.6. The van der Waals surface area contributed by atoms with E-state index < -0.39 is 23.1 Å². The number of alkyl halides is 3. The van der Waals surface area contributed by atoms with Crippen LogP contribution in [0, 0.1) is 5.41 Å². The molecule has 1 fully saturated rings. The van der Waals surface area contributed by atoms with E-state index in [0.29, 0.717) is 22.9 Å². The van der Waals surface area contributed by atoms with Crippen molar-refractivity contribution < 1.29 is 18.0 Å². The van der Waals surface area contributed by atoms with Crippen LogP contribution in [0.4, 0.5) is 24.7 Å². The zero-order valence-electron chi connectivity index (χ0n) is 19.9. The second-order valence-corrected chi connectivity index (χ2v) is 9.93. The summed E-state index contributed by atoms with van der Waals surface area (Å²) in [5, 5.41) is 7.11. The molecule has 182 valence electrons. The Morgan fingerprint density at radius 2 is 1.88 bits per heavy atom. The van der Waals surface area contributed by atoms with Gasteiger partial charge in [0, 0.05) is 30.1 Å². The maximum Gasteiger partial charge on any atom is 0.418 e. The van der Waals surface area contributed by atoms with E-state index in [1.807, 2.05) is 12.1 Å². The van der Waals surface area contributed by atoms with Gasteiger partial charge in [-0.1, -0.05) is 26.8 Å². The number of rotatable bonds is 4. The van der Waals surface area contributed by atoms with Crippen molar-refractivity contribution in [2.45, 2.75) is 39.4 Å². The molecule has 10 heteroatoms. The first-order valence-electron chi connectivity index (χ1n) is 11.1. The first-order valence-corrected chi connectivity index (χ1v) is 11.1. The number of fused-ring (bicyclic) bond motifs is 1. The standard InChI is InChI=1S/C24H29F3N6O/c1-23(2,3)22(34)29-18-12-15(6-7-17(18)24(25,26)27)19-14-33-20(28-19)8-9-21(30-33)32-11-10-16(13-32)31(4)5/h6-9,12,14,16H,10-11,13H2,1-5H3,(H,29,34). The Balaban J connectivity index is 1.67. The summed E-state index contributed by atoms with van der Waals surface area (Å²) in [6.07, 6.45) is -1.86. The van der Waals surface area contributed by atoms with Crippen molar-refractivity contribution >= 4 is 23.1 Å². The van der Waals surface area contributed by atoms with Crippen LogP contribution in [0.5, 0.6) is 0 Å². The molecule has 0 radical (unpaired) electrons.